The summed E-state index contributed by atoms with van der Waals surface area (Å²) in [5.74, 6) is 0.695. The van der Waals surface area contributed by atoms with E-state index < -0.39 is 0 Å². The molecular weight excluding hydrogens is 364 g/mol. The molecule has 0 radical (unpaired) electrons. The van der Waals surface area contributed by atoms with Gasteiger partial charge in [0.1, 0.15) is 12.4 Å². The number of carbonyl (C=O) groups excluding carboxylic acids is 1. The Morgan fingerprint density at radius 1 is 0.862 bits per heavy atom. The van der Waals surface area contributed by atoms with E-state index in [1.807, 2.05) is 84.9 Å². The van der Waals surface area contributed by atoms with Crippen LogP contribution in [0, 0.1) is 0 Å². The smallest absolute Gasteiger partial charge is 0.224 e. The van der Waals surface area contributed by atoms with Gasteiger partial charge in [-0.15, -0.1) is 0 Å². The molecule has 0 spiro atoms. The molecule has 0 fully saturated rings. The van der Waals surface area contributed by atoms with E-state index in [0.717, 1.165) is 22.6 Å². The maximum atomic E-state index is 12.3. The van der Waals surface area contributed by atoms with Crippen molar-refractivity contribution in [2.75, 3.05) is 12.4 Å². The van der Waals surface area contributed by atoms with Crippen LogP contribution in [-0.2, 0) is 16.2 Å². The molecule has 0 bridgehead atoms. The molecule has 0 atom stereocenters. The van der Waals surface area contributed by atoms with Crippen molar-refractivity contribution in [3.05, 3.63) is 96.1 Å². The Bertz CT molecular complexity index is 923. The fraction of sp³-hybridized carbons (Fsp3) is 0.167. The number of benzene rings is 3. The third-order valence-corrected chi connectivity index (χ3v) is 4.32. The molecule has 0 aromatic heterocycles. The highest BCUT2D eigenvalue weighted by molar-refractivity contribution is 6.03. The quantitative estimate of drug-likeness (QED) is 0.413. The number of anilines is 1. The van der Waals surface area contributed by atoms with E-state index >= 15 is 0 Å². The standard InChI is InChI=1S/C24H24N2O3/c1-28-22-14-12-20(13-15-22)23(26-29-18-19-8-4-2-5-9-19)16-17-24(27)25-21-10-6-3-7-11-21/h2-15H,16-18H2,1H3,(H,25,27)/b26-23+. The van der Waals surface area contributed by atoms with Gasteiger partial charge in [-0.05, 0) is 47.5 Å². The monoisotopic (exact) mass is 388 g/mol. The minimum absolute atomic E-state index is 0.0690. The molecule has 5 heteroatoms. The predicted octanol–water partition coefficient (Wildman–Crippen LogP) is 5.04. The Labute approximate surface area is 171 Å². The summed E-state index contributed by atoms with van der Waals surface area (Å²) in [4.78, 5) is 17.9. The number of methoxy groups -OCH3 is 1. The first-order valence-corrected chi connectivity index (χ1v) is 9.46. The first-order valence-electron chi connectivity index (χ1n) is 9.46. The summed E-state index contributed by atoms with van der Waals surface area (Å²) < 4.78 is 5.22. The molecule has 0 aliphatic heterocycles. The topological polar surface area (TPSA) is 59.9 Å². The second-order valence-corrected chi connectivity index (χ2v) is 6.44. The number of hydrogen-bond acceptors (Lipinski definition) is 4. The van der Waals surface area contributed by atoms with Gasteiger partial charge >= 0.3 is 0 Å². The fourth-order valence-corrected chi connectivity index (χ4v) is 2.76. The Morgan fingerprint density at radius 2 is 1.52 bits per heavy atom. The number of ether oxygens (including phenoxy) is 1. The van der Waals surface area contributed by atoms with Gasteiger partial charge in [0.2, 0.25) is 5.91 Å². The van der Waals surface area contributed by atoms with Gasteiger partial charge in [-0.2, -0.15) is 0 Å². The maximum Gasteiger partial charge on any atom is 0.224 e. The van der Waals surface area contributed by atoms with Crippen molar-refractivity contribution < 1.29 is 14.4 Å². The van der Waals surface area contributed by atoms with Gasteiger partial charge in [0.15, 0.2) is 0 Å². The second-order valence-electron chi connectivity index (χ2n) is 6.44. The van der Waals surface area contributed by atoms with Crippen molar-refractivity contribution in [2.24, 2.45) is 5.16 Å². The third-order valence-electron chi connectivity index (χ3n) is 4.32. The Balaban J connectivity index is 1.66. The summed E-state index contributed by atoms with van der Waals surface area (Å²) in [6.07, 6.45) is 0.758. The Hall–Kier alpha value is -3.60. The maximum absolute atomic E-state index is 12.3. The molecule has 0 aliphatic carbocycles. The van der Waals surface area contributed by atoms with Crippen molar-refractivity contribution in [1.82, 2.24) is 0 Å². The number of carbonyl (C=O) groups is 1. The zero-order valence-electron chi connectivity index (χ0n) is 16.4. The lowest BCUT2D eigenvalue weighted by atomic mass is 10.1. The minimum atomic E-state index is -0.0690. The van der Waals surface area contributed by atoms with Crippen molar-refractivity contribution in [3.63, 3.8) is 0 Å². The summed E-state index contributed by atoms with van der Waals surface area (Å²) in [5, 5.41) is 7.21. The molecule has 3 rings (SSSR count). The summed E-state index contributed by atoms with van der Waals surface area (Å²) >= 11 is 0. The highest BCUT2D eigenvalue weighted by Crippen LogP contribution is 2.15. The van der Waals surface area contributed by atoms with Gasteiger partial charge < -0.3 is 14.9 Å². The van der Waals surface area contributed by atoms with Gasteiger partial charge in [-0.25, -0.2) is 0 Å². The van der Waals surface area contributed by atoms with Crippen molar-refractivity contribution in [3.8, 4) is 5.75 Å². The van der Waals surface area contributed by atoms with Crippen molar-refractivity contribution in [1.29, 1.82) is 0 Å². The van der Waals surface area contributed by atoms with Crippen LogP contribution in [0.5, 0.6) is 5.75 Å². The minimum Gasteiger partial charge on any atom is -0.497 e. The van der Waals surface area contributed by atoms with Gasteiger partial charge in [0, 0.05) is 18.5 Å². The number of para-hydroxylation sites is 1. The van der Waals surface area contributed by atoms with Gasteiger partial charge in [-0.1, -0.05) is 53.7 Å². The molecule has 1 N–H and O–H groups in total. The zero-order valence-corrected chi connectivity index (χ0v) is 16.4. The lowest BCUT2D eigenvalue weighted by Crippen LogP contribution is -2.14. The van der Waals surface area contributed by atoms with Crippen LogP contribution >= 0.6 is 0 Å². The molecule has 1 amide bonds. The highest BCUT2D eigenvalue weighted by Gasteiger charge is 2.10. The normalized spacial score (nSPS) is 11.0. The van der Waals surface area contributed by atoms with E-state index in [4.69, 9.17) is 9.57 Å². The lowest BCUT2D eigenvalue weighted by Gasteiger charge is -2.09. The van der Waals surface area contributed by atoms with Crippen LogP contribution in [-0.4, -0.2) is 18.7 Å². The van der Waals surface area contributed by atoms with Crippen LogP contribution in [0.25, 0.3) is 0 Å². The number of nitrogens with one attached hydrogen (secondary N) is 1. The lowest BCUT2D eigenvalue weighted by molar-refractivity contribution is -0.116. The second kappa shape index (κ2) is 10.7. The average molecular weight is 388 g/mol. The van der Waals surface area contributed by atoms with Crippen molar-refractivity contribution in [2.45, 2.75) is 19.4 Å². The molecule has 0 saturated carbocycles. The number of oxime groups is 1. The van der Waals surface area contributed by atoms with Crippen LogP contribution in [0.4, 0.5) is 5.69 Å². The first kappa shape index (κ1) is 20.1. The third kappa shape index (κ3) is 6.50. The molecule has 5 nitrogen and oxygen atoms in total. The number of rotatable bonds is 9. The largest absolute Gasteiger partial charge is 0.497 e. The van der Waals surface area contributed by atoms with Crippen LogP contribution in [0.1, 0.15) is 24.0 Å². The molecule has 148 valence electrons. The average Bonchev–Trinajstić information content (AvgIpc) is 2.77. The number of amides is 1. The Kier molecular flexibility index (Phi) is 7.41. The van der Waals surface area contributed by atoms with Crippen LogP contribution in [0.3, 0.4) is 0 Å². The van der Waals surface area contributed by atoms with E-state index in [2.05, 4.69) is 10.5 Å². The van der Waals surface area contributed by atoms with E-state index in [0.29, 0.717) is 25.2 Å². The van der Waals surface area contributed by atoms with Crippen LogP contribution in [0.2, 0.25) is 0 Å². The SMILES string of the molecule is COc1ccc(/C(CCC(=O)Nc2ccccc2)=N/OCc2ccccc2)cc1. The molecule has 0 saturated heterocycles. The summed E-state index contributed by atoms with van der Waals surface area (Å²) in [7, 11) is 1.63. The highest BCUT2D eigenvalue weighted by atomic mass is 16.6. The predicted molar refractivity (Wildman–Crippen MR) is 115 cm³/mol. The molecule has 0 aliphatic rings. The fourth-order valence-electron chi connectivity index (χ4n) is 2.76. The van der Waals surface area contributed by atoms with E-state index in [1.54, 1.807) is 7.11 Å². The van der Waals surface area contributed by atoms with Gasteiger partial charge in [0.05, 0.1) is 12.8 Å². The number of hydrogen-bond donors (Lipinski definition) is 1. The molecule has 0 unspecified atom stereocenters. The van der Waals surface area contributed by atoms with Crippen LogP contribution < -0.4 is 10.1 Å². The van der Waals surface area contributed by atoms with E-state index in [9.17, 15) is 4.79 Å². The molecule has 0 heterocycles. The molecule has 29 heavy (non-hydrogen) atoms. The van der Waals surface area contributed by atoms with Gasteiger partial charge in [-0.3, -0.25) is 4.79 Å². The summed E-state index contributed by atoms with van der Waals surface area (Å²) in [6, 6.07) is 26.8. The first-order chi connectivity index (χ1) is 14.2. The van der Waals surface area contributed by atoms with E-state index in [1.165, 1.54) is 0 Å². The molecule has 3 aromatic carbocycles. The van der Waals surface area contributed by atoms with E-state index in [-0.39, 0.29) is 5.91 Å². The van der Waals surface area contributed by atoms with Crippen molar-refractivity contribution >= 4 is 17.3 Å². The van der Waals surface area contributed by atoms with Crippen LogP contribution in [0.15, 0.2) is 90.1 Å². The molecular formula is C24H24N2O3. The summed E-state index contributed by atoms with van der Waals surface area (Å²) in [5.41, 5.74) is 3.42. The summed E-state index contributed by atoms with van der Waals surface area (Å²) in [6.45, 7) is 0.372. The molecule has 3 aromatic rings. The zero-order chi connectivity index (χ0) is 20.3. The Morgan fingerprint density at radius 3 is 2.17 bits per heavy atom. The number of nitrogens with zero attached hydrogens (tertiary/aromatic N) is 1. The van der Waals surface area contributed by atoms with Gasteiger partial charge in [0.25, 0.3) is 0 Å².